The second-order valence-electron chi connectivity index (χ2n) is 4.91. The van der Waals surface area contributed by atoms with E-state index in [2.05, 4.69) is 19.9 Å². The van der Waals surface area contributed by atoms with Crippen molar-refractivity contribution in [3.05, 3.63) is 28.8 Å². The number of ketones is 1. The zero-order chi connectivity index (χ0) is 11.9. The third-order valence-corrected chi connectivity index (χ3v) is 3.19. The van der Waals surface area contributed by atoms with Crippen molar-refractivity contribution in [2.24, 2.45) is 5.92 Å². The summed E-state index contributed by atoms with van der Waals surface area (Å²) in [6.45, 7) is 8.65. The Bertz CT molecular complexity index is 433. The molecule has 2 heteroatoms. The summed E-state index contributed by atoms with van der Waals surface area (Å²) in [7, 11) is 0. The first-order valence-electron chi connectivity index (χ1n) is 5.83. The van der Waals surface area contributed by atoms with Crippen molar-refractivity contribution < 1.29 is 9.53 Å². The van der Waals surface area contributed by atoms with Gasteiger partial charge in [0.1, 0.15) is 5.75 Å². The molecule has 0 radical (unpaired) electrons. The average molecular weight is 218 g/mol. The van der Waals surface area contributed by atoms with Gasteiger partial charge in [-0.2, -0.15) is 0 Å². The highest BCUT2D eigenvalue weighted by molar-refractivity contribution is 6.02. The SMILES string of the molecule is Cc1ccc(C(C)C)c2c1C(=O)C(C)CO2. The Morgan fingerprint density at radius 1 is 1.38 bits per heavy atom. The average Bonchev–Trinajstić information content (AvgIpc) is 2.23. The number of rotatable bonds is 1. The molecular formula is C14H18O2. The number of benzene rings is 1. The molecule has 86 valence electrons. The zero-order valence-corrected chi connectivity index (χ0v) is 10.3. The molecule has 1 heterocycles. The Labute approximate surface area is 96.6 Å². The summed E-state index contributed by atoms with van der Waals surface area (Å²) in [6, 6.07) is 4.09. The van der Waals surface area contributed by atoms with Crippen molar-refractivity contribution in [1.82, 2.24) is 0 Å². The van der Waals surface area contributed by atoms with E-state index in [-0.39, 0.29) is 11.7 Å². The van der Waals surface area contributed by atoms with Crippen LogP contribution in [0.5, 0.6) is 5.75 Å². The fourth-order valence-electron chi connectivity index (χ4n) is 2.14. The maximum absolute atomic E-state index is 12.1. The Kier molecular flexibility index (Phi) is 2.75. The van der Waals surface area contributed by atoms with Crippen molar-refractivity contribution in [3.8, 4) is 5.75 Å². The molecule has 0 saturated carbocycles. The van der Waals surface area contributed by atoms with E-state index in [1.807, 2.05) is 19.9 Å². The third kappa shape index (κ3) is 1.62. The van der Waals surface area contributed by atoms with Crippen LogP contribution in [0.25, 0.3) is 0 Å². The standard InChI is InChI=1S/C14H18O2/c1-8(2)11-6-5-9(3)12-13(15)10(4)7-16-14(11)12/h5-6,8,10H,7H2,1-4H3. The highest BCUT2D eigenvalue weighted by atomic mass is 16.5. The first-order chi connectivity index (χ1) is 7.52. The lowest BCUT2D eigenvalue weighted by molar-refractivity contribution is 0.0846. The number of aryl methyl sites for hydroxylation is 1. The monoisotopic (exact) mass is 218 g/mol. The van der Waals surface area contributed by atoms with E-state index in [1.165, 1.54) is 0 Å². The molecule has 0 aromatic heterocycles. The van der Waals surface area contributed by atoms with E-state index in [9.17, 15) is 4.79 Å². The van der Waals surface area contributed by atoms with Crippen molar-refractivity contribution in [2.75, 3.05) is 6.61 Å². The normalized spacial score (nSPS) is 19.6. The molecule has 16 heavy (non-hydrogen) atoms. The minimum atomic E-state index is -0.0198. The molecule has 0 amide bonds. The molecule has 1 unspecified atom stereocenters. The lowest BCUT2D eigenvalue weighted by Gasteiger charge is -2.26. The number of ether oxygens (including phenoxy) is 1. The van der Waals surface area contributed by atoms with Gasteiger partial charge < -0.3 is 4.74 Å². The van der Waals surface area contributed by atoms with E-state index in [0.29, 0.717) is 12.5 Å². The van der Waals surface area contributed by atoms with Gasteiger partial charge in [0.15, 0.2) is 5.78 Å². The predicted molar refractivity (Wildman–Crippen MR) is 64.3 cm³/mol. The lowest BCUT2D eigenvalue weighted by Crippen LogP contribution is -2.27. The second kappa shape index (κ2) is 3.93. The molecule has 2 nitrogen and oxygen atoms in total. The minimum Gasteiger partial charge on any atom is -0.492 e. The van der Waals surface area contributed by atoms with Crippen molar-refractivity contribution in [3.63, 3.8) is 0 Å². The first-order valence-corrected chi connectivity index (χ1v) is 5.83. The molecule has 0 fully saturated rings. The number of carbonyl (C=O) groups excluding carboxylic acids is 1. The van der Waals surface area contributed by atoms with Crippen LogP contribution >= 0.6 is 0 Å². The van der Waals surface area contributed by atoms with Crippen LogP contribution in [0.3, 0.4) is 0 Å². The van der Waals surface area contributed by atoms with Crippen LogP contribution in [0.2, 0.25) is 0 Å². The molecule has 2 rings (SSSR count). The van der Waals surface area contributed by atoms with E-state index >= 15 is 0 Å². The highest BCUT2D eigenvalue weighted by Gasteiger charge is 2.29. The zero-order valence-electron chi connectivity index (χ0n) is 10.3. The minimum absolute atomic E-state index is 0.0198. The first kappa shape index (κ1) is 11.2. The quantitative estimate of drug-likeness (QED) is 0.722. The van der Waals surface area contributed by atoms with Crippen molar-refractivity contribution in [2.45, 2.75) is 33.6 Å². The number of hydrogen-bond acceptors (Lipinski definition) is 2. The lowest BCUT2D eigenvalue weighted by atomic mass is 9.88. The summed E-state index contributed by atoms with van der Waals surface area (Å²) < 4.78 is 5.76. The Hall–Kier alpha value is -1.31. The molecule has 1 aliphatic heterocycles. The molecule has 0 spiro atoms. The molecule has 1 aromatic rings. The van der Waals surface area contributed by atoms with Gasteiger partial charge in [0, 0.05) is 0 Å². The Balaban J connectivity index is 2.63. The second-order valence-corrected chi connectivity index (χ2v) is 4.91. The van der Waals surface area contributed by atoms with Gasteiger partial charge in [-0.05, 0) is 24.0 Å². The van der Waals surface area contributed by atoms with Gasteiger partial charge >= 0.3 is 0 Å². The predicted octanol–water partition coefficient (Wildman–Crippen LogP) is 3.33. The summed E-state index contributed by atoms with van der Waals surface area (Å²) in [4.78, 5) is 12.1. The van der Waals surface area contributed by atoms with Gasteiger partial charge in [-0.25, -0.2) is 0 Å². The number of Topliss-reactive ketones (excluding diaryl/α,β-unsaturated/α-hetero) is 1. The Morgan fingerprint density at radius 3 is 2.69 bits per heavy atom. The Morgan fingerprint density at radius 2 is 2.06 bits per heavy atom. The summed E-state index contributed by atoms with van der Waals surface area (Å²) in [6.07, 6.45) is 0. The molecule has 1 aliphatic rings. The smallest absolute Gasteiger partial charge is 0.173 e. The van der Waals surface area contributed by atoms with Crippen molar-refractivity contribution >= 4 is 5.78 Å². The summed E-state index contributed by atoms with van der Waals surface area (Å²) in [5.74, 6) is 1.41. The van der Waals surface area contributed by atoms with Gasteiger partial charge in [0.25, 0.3) is 0 Å². The molecule has 0 aliphatic carbocycles. The van der Waals surface area contributed by atoms with Gasteiger partial charge in [-0.15, -0.1) is 0 Å². The summed E-state index contributed by atoms with van der Waals surface area (Å²) >= 11 is 0. The van der Waals surface area contributed by atoms with Crippen molar-refractivity contribution in [1.29, 1.82) is 0 Å². The number of carbonyl (C=O) groups is 1. The van der Waals surface area contributed by atoms with E-state index < -0.39 is 0 Å². The summed E-state index contributed by atoms with van der Waals surface area (Å²) in [5.41, 5.74) is 2.96. The van der Waals surface area contributed by atoms with E-state index in [4.69, 9.17) is 4.74 Å². The van der Waals surface area contributed by atoms with Crippen LogP contribution in [0.4, 0.5) is 0 Å². The van der Waals surface area contributed by atoms with Crippen LogP contribution in [-0.2, 0) is 0 Å². The molecular weight excluding hydrogens is 200 g/mol. The van der Waals surface area contributed by atoms with Gasteiger partial charge in [-0.3, -0.25) is 4.79 Å². The molecule has 0 saturated heterocycles. The molecule has 1 aromatic carbocycles. The molecule has 1 atom stereocenters. The van der Waals surface area contributed by atoms with Crippen LogP contribution in [-0.4, -0.2) is 12.4 Å². The van der Waals surface area contributed by atoms with E-state index in [0.717, 1.165) is 22.4 Å². The number of hydrogen-bond donors (Lipinski definition) is 0. The van der Waals surface area contributed by atoms with Crippen LogP contribution in [0.15, 0.2) is 12.1 Å². The fourth-order valence-corrected chi connectivity index (χ4v) is 2.14. The maximum Gasteiger partial charge on any atom is 0.173 e. The van der Waals surface area contributed by atoms with Gasteiger partial charge in [0.2, 0.25) is 0 Å². The number of fused-ring (bicyclic) bond motifs is 1. The van der Waals surface area contributed by atoms with Gasteiger partial charge in [0.05, 0.1) is 18.1 Å². The van der Waals surface area contributed by atoms with Crippen LogP contribution in [0.1, 0.15) is 48.2 Å². The van der Waals surface area contributed by atoms with Crippen LogP contribution in [0, 0.1) is 12.8 Å². The topological polar surface area (TPSA) is 26.3 Å². The highest BCUT2D eigenvalue weighted by Crippen LogP contribution is 2.36. The maximum atomic E-state index is 12.1. The van der Waals surface area contributed by atoms with Crippen LogP contribution < -0.4 is 4.74 Å². The fraction of sp³-hybridized carbons (Fsp3) is 0.500. The van der Waals surface area contributed by atoms with Gasteiger partial charge in [-0.1, -0.05) is 32.9 Å². The molecule has 0 N–H and O–H groups in total. The summed E-state index contributed by atoms with van der Waals surface area (Å²) in [5, 5.41) is 0. The van der Waals surface area contributed by atoms with E-state index in [1.54, 1.807) is 0 Å². The largest absolute Gasteiger partial charge is 0.492 e. The molecule has 0 bridgehead atoms. The third-order valence-electron chi connectivity index (χ3n) is 3.19.